The molecule has 0 unspecified atom stereocenters. The van der Waals surface area contributed by atoms with Gasteiger partial charge in [-0.3, -0.25) is 0 Å². The van der Waals surface area contributed by atoms with Crippen LogP contribution in [-0.2, 0) is 22.8 Å². The Labute approximate surface area is 165 Å². The van der Waals surface area contributed by atoms with Gasteiger partial charge in [-0.1, -0.05) is 23.2 Å². The minimum atomic E-state index is -3.97. The molecule has 1 aliphatic rings. The lowest BCUT2D eigenvalue weighted by molar-refractivity contribution is 0.500. The fraction of sp³-hybridized carbons (Fsp3) is 0.176. The van der Waals surface area contributed by atoms with Crippen molar-refractivity contribution in [1.29, 1.82) is 0 Å². The maximum Gasteiger partial charge on any atom is 0.206 e. The van der Waals surface area contributed by atoms with E-state index in [0.29, 0.717) is 23.9 Å². The summed E-state index contributed by atoms with van der Waals surface area (Å²) in [5.74, 6) is 0.0853. The van der Waals surface area contributed by atoms with E-state index >= 15 is 0 Å². The van der Waals surface area contributed by atoms with Crippen LogP contribution in [0.5, 0.6) is 0 Å². The fourth-order valence-corrected chi connectivity index (χ4v) is 4.99. The molecule has 2 aromatic carbocycles. The second kappa shape index (κ2) is 7.02. The molecule has 9 heteroatoms. The molecule has 0 fully saturated rings. The summed E-state index contributed by atoms with van der Waals surface area (Å²) in [4.78, 5) is -0.246. The van der Waals surface area contributed by atoms with E-state index in [4.69, 9.17) is 27.6 Å². The van der Waals surface area contributed by atoms with E-state index in [1.807, 2.05) is 0 Å². The van der Waals surface area contributed by atoms with Crippen LogP contribution in [0.1, 0.15) is 11.3 Å². The largest absolute Gasteiger partial charge is 0.459 e. The molecular formula is C17H13Cl3FNO3S. The van der Waals surface area contributed by atoms with Gasteiger partial charge in [0.25, 0.3) is 0 Å². The Kier molecular flexibility index (Phi) is 5.25. The first-order valence-electron chi connectivity index (χ1n) is 7.52. The maximum atomic E-state index is 13.6. The van der Waals surface area contributed by atoms with E-state index < -0.39 is 15.7 Å². The SMILES string of the molecule is Cl.O=S(=O)(c1cc(F)cc(Cl)c1)c1cc(Cl)c2oc3c(c2c1)CNCC3. The van der Waals surface area contributed by atoms with Crippen molar-refractivity contribution in [1.82, 2.24) is 5.32 Å². The zero-order chi connectivity index (χ0) is 17.8. The van der Waals surface area contributed by atoms with Crippen LogP contribution in [0.2, 0.25) is 10.0 Å². The summed E-state index contributed by atoms with van der Waals surface area (Å²) in [6, 6.07) is 6.04. The Balaban J connectivity index is 0.00000196. The van der Waals surface area contributed by atoms with E-state index in [1.165, 1.54) is 18.2 Å². The first kappa shape index (κ1) is 19.5. The van der Waals surface area contributed by atoms with Crippen LogP contribution >= 0.6 is 35.6 Å². The van der Waals surface area contributed by atoms with Crippen LogP contribution in [0.25, 0.3) is 11.0 Å². The van der Waals surface area contributed by atoms with Crippen molar-refractivity contribution in [2.24, 2.45) is 0 Å². The van der Waals surface area contributed by atoms with Gasteiger partial charge in [-0.2, -0.15) is 0 Å². The highest BCUT2D eigenvalue weighted by atomic mass is 35.5. The van der Waals surface area contributed by atoms with Gasteiger partial charge in [0, 0.05) is 35.5 Å². The first-order chi connectivity index (χ1) is 11.9. The van der Waals surface area contributed by atoms with E-state index in [2.05, 4.69) is 5.32 Å². The van der Waals surface area contributed by atoms with Crippen molar-refractivity contribution in [2.75, 3.05) is 6.54 Å². The van der Waals surface area contributed by atoms with Gasteiger partial charge in [-0.25, -0.2) is 12.8 Å². The van der Waals surface area contributed by atoms with Crippen LogP contribution in [0.3, 0.4) is 0 Å². The smallest absolute Gasteiger partial charge is 0.206 e. The van der Waals surface area contributed by atoms with Crippen molar-refractivity contribution in [2.45, 2.75) is 22.8 Å². The van der Waals surface area contributed by atoms with Crippen molar-refractivity contribution in [3.05, 3.63) is 57.5 Å². The average Bonchev–Trinajstić information content (AvgIpc) is 2.93. The summed E-state index contributed by atoms with van der Waals surface area (Å²) in [5, 5.41) is 4.08. The zero-order valence-corrected chi connectivity index (χ0v) is 16.3. The number of benzene rings is 2. The number of rotatable bonds is 2. The van der Waals surface area contributed by atoms with Gasteiger partial charge in [0.1, 0.15) is 11.6 Å². The Morgan fingerprint density at radius 3 is 2.54 bits per heavy atom. The minimum Gasteiger partial charge on any atom is -0.459 e. The highest BCUT2D eigenvalue weighted by molar-refractivity contribution is 7.91. The van der Waals surface area contributed by atoms with Gasteiger partial charge in [0.05, 0.1) is 14.8 Å². The van der Waals surface area contributed by atoms with Gasteiger partial charge in [-0.05, 0) is 30.3 Å². The molecule has 3 aromatic rings. The second-order valence-electron chi connectivity index (χ2n) is 5.82. The summed E-state index contributed by atoms with van der Waals surface area (Å²) < 4.78 is 45.2. The minimum absolute atomic E-state index is 0. The normalized spacial score (nSPS) is 14.1. The lowest BCUT2D eigenvalue weighted by atomic mass is 10.1. The Morgan fingerprint density at radius 1 is 1.08 bits per heavy atom. The molecule has 0 saturated heterocycles. The number of hydrogen-bond donors (Lipinski definition) is 1. The molecule has 4 rings (SSSR count). The summed E-state index contributed by atoms with van der Waals surface area (Å²) in [6.07, 6.45) is 0.710. The molecule has 1 aliphatic heterocycles. The van der Waals surface area contributed by atoms with Crippen LogP contribution in [0.4, 0.5) is 4.39 Å². The molecule has 1 aromatic heterocycles. The van der Waals surface area contributed by atoms with Gasteiger partial charge in [-0.15, -0.1) is 12.4 Å². The van der Waals surface area contributed by atoms with E-state index in [-0.39, 0.29) is 32.2 Å². The molecule has 0 radical (unpaired) electrons. The van der Waals surface area contributed by atoms with Crippen LogP contribution < -0.4 is 5.32 Å². The Morgan fingerprint density at radius 2 is 1.81 bits per heavy atom. The third kappa shape index (κ3) is 3.21. The molecule has 0 atom stereocenters. The van der Waals surface area contributed by atoms with Crippen molar-refractivity contribution in [3.8, 4) is 0 Å². The molecule has 1 N–H and O–H groups in total. The second-order valence-corrected chi connectivity index (χ2v) is 8.61. The number of halogens is 4. The fourth-order valence-electron chi connectivity index (χ4n) is 3.02. The predicted molar refractivity (Wildman–Crippen MR) is 101 cm³/mol. The van der Waals surface area contributed by atoms with Gasteiger partial charge < -0.3 is 9.73 Å². The van der Waals surface area contributed by atoms with Crippen molar-refractivity contribution in [3.63, 3.8) is 0 Å². The average molecular weight is 437 g/mol. The molecule has 0 spiro atoms. The molecule has 0 amide bonds. The molecule has 0 bridgehead atoms. The van der Waals surface area contributed by atoms with E-state index in [9.17, 15) is 12.8 Å². The van der Waals surface area contributed by atoms with Crippen LogP contribution in [0.15, 0.2) is 44.5 Å². The van der Waals surface area contributed by atoms with Crippen molar-refractivity contribution < 1.29 is 17.2 Å². The monoisotopic (exact) mass is 435 g/mol. The zero-order valence-electron chi connectivity index (χ0n) is 13.2. The molecular weight excluding hydrogens is 424 g/mol. The third-order valence-electron chi connectivity index (χ3n) is 4.19. The van der Waals surface area contributed by atoms with E-state index in [1.54, 1.807) is 0 Å². The number of sulfone groups is 1. The summed E-state index contributed by atoms with van der Waals surface area (Å²) >= 11 is 12.1. The lowest BCUT2D eigenvalue weighted by Crippen LogP contribution is -2.22. The highest BCUT2D eigenvalue weighted by Gasteiger charge is 2.25. The molecule has 0 aliphatic carbocycles. The standard InChI is InChI=1S/C17H12Cl2FNO3S.ClH/c18-9-3-10(20)5-11(4-9)25(22,23)12-6-13-14-8-21-2-1-16(14)24-17(13)15(19)7-12;/h3-7,21H,1-2,8H2;1H. The number of nitrogens with one attached hydrogen (secondary N) is 1. The van der Waals surface area contributed by atoms with Gasteiger partial charge in [0.15, 0.2) is 5.58 Å². The topological polar surface area (TPSA) is 59.3 Å². The first-order valence-corrected chi connectivity index (χ1v) is 9.76. The van der Waals surface area contributed by atoms with Gasteiger partial charge >= 0.3 is 0 Å². The lowest BCUT2D eigenvalue weighted by Gasteiger charge is -2.11. The molecule has 138 valence electrons. The predicted octanol–water partition coefficient (Wildman–Crippen LogP) is 4.78. The van der Waals surface area contributed by atoms with Crippen LogP contribution in [0, 0.1) is 5.82 Å². The van der Waals surface area contributed by atoms with Crippen molar-refractivity contribution >= 4 is 56.4 Å². The number of furan rings is 1. The summed E-state index contributed by atoms with van der Waals surface area (Å²) in [5.41, 5.74) is 1.36. The highest BCUT2D eigenvalue weighted by Crippen LogP contribution is 2.36. The molecule has 2 heterocycles. The molecule has 26 heavy (non-hydrogen) atoms. The molecule has 4 nitrogen and oxygen atoms in total. The quantitative estimate of drug-likeness (QED) is 0.628. The maximum absolute atomic E-state index is 13.6. The summed E-state index contributed by atoms with van der Waals surface area (Å²) in [6.45, 7) is 1.37. The van der Waals surface area contributed by atoms with Crippen LogP contribution in [-0.4, -0.2) is 15.0 Å². The summed E-state index contributed by atoms with van der Waals surface area (Å²) in [7, 11) is -3.97. The van der Waals surface area contributed by atoms with Gasteiger partial charge in [0.2, 0.25) is 9.84 Å². The van der Waals surface area contributed by atoms with E-state index in [0.717, 1.165) is 30.0 Å². The Bertz CT molecular complexity index is 1090. The third-order valence-corrected chi connectivity index (χ3v) is 6.40. The Hall–Kier alpha value is -1.31. The molecule has 0 saturated carbocycles. The number of hydrogen-bond acceptors (Lipinski definition) is 4. The number of fused-ring (bicyclic) bond motifs is 3.